The van der Waals surface area contributed by atoms with Crippen molar-refractivity contribution in [1.29, 1.82) is 0 Å². The molecule has 4 heteroatoms. The molecule has 1 amide bonds. The molecule has 1 aromatic rings. The van der Waals surface area contributed by atoms with Gasteiger partial charge in [0.2, 0.25) is 0 Å². The fourth-order valence-electron chi connectivity index (χ4n) is 3.13. The molecule has 0 bridgehead atoms. The van der Waals surface area contributed by atoms with Crippen molar-refractivity contribution in [1.82, 2.24) is 5.32 Å². The topological polar surface area (TPSA) is 58.6 Å². The van der Waals surface area contributed by atoms with Gasteiger partial charge in [0, 0.05) is 5.54 Å². The van der Waals surface area contributed by atoms with Gasteiger partial charge in [-0.1, -0.05) is 58.0 Å². The van der Waals surface area contributed by atoms with Crippen LogP contribution in [0.4, 0.5) is 4.79 Å². The summed E-state index contributed by atoms with van der Waals surface area (Å²) in [6.45, 7) is 14.2. The van der Waals surface area contributed by atoms with Crippen LogP contribution in [0.5, 0.6) is 0 Å². The standard InChI is InChI=1S/C22H37NO3/c1-15(2)13-20(26-21(25)23-22(5,6)7)19(24)14-18(16(3)4)17-11-9-8-10-12-17/h8-12,15-16,18-20,24H,13-14H2,1-7H3,(H,23,25)/t18-,19-,20-/m0/s1. The number of aliphatic hydroxyl groups is 1. The molecule has 0 spiro atoms. The largest absolute Gasteiger partial charge is 0.443 e. The summed E-state index contributed by atoms with van der Waals surface area (Å²) in [4.78, 5) is 12.2. The Morgan fingerprint density at radius 1 is 1.08 bits per heavy atom. The second kappa shape index (κ2) is 9.96. The van der Waals surface area contributed by atoms with Crippen LogP contribution in [0, 0.1) is 11.8 Å². The molecule has 0 saturated heterocycles. The van der Waals surface area contributed by atoms with Crippen molar-refractivity contribution < 1.29 is 14.6 Å². The van der Waals surface area contributed by atoms with Crippen molar-refractivity contribution in [3.8, 4) is 0 Å². The molecule has 2 N–H and O–H groups in total. The third kappa shape index (κ3) is 8.22. The maximum atomic E-state index is 12.2. The van der Waals surface area contributed by atoms with E-state index in [1.54, 1.807) is 0 Å². The first kappa shape index (κ1) is 22.5. The highest BCUT2D eigenvalue weighted by Crippen LogP contribution is 2.31. The van der Waals surface area contributed by atoms with Gasteiger partial charge in [-0.2, -0.15) is 0 Å². The monoisotopic (exact) mass is 363 g/mol. The summed E-state index contributed by atoms with van der Waals surface area (Å²) < 4.78 is 5.62. The Morgan fingerprint density at radius 3 is 2.12 bits per heavy atom. The van der Waals surface area contributed by atoms with Gasteiger partial charge in [0.25, 0.3) is 0 Å². The fraction of sp³-hybridized carbons (Fsp3) is 0.682. The van der Waals surface area contributed by atoms with Gasteiger partial charge >= 0.3 is 6.09 Å². The number of aliphatic hydroxyl groups excluding tert-OH is 1. The van der Waals surface area contributed by atoms with Gasteiger partial charge in [0.05, 0.1) is 6.10 Å². The predicted molar refractivity (Wildman–Crippen MR) is 107 cm³/mol. The lowest BCUT2D eigenvalue weighted by Gasteiger charge is -2.31. The van der Waals surface area contributed by atoms with E-state index in [2.05, 4.69) is 45.1 Å². The zero-order valence-corrected chi connectivity index (χ0v) is 17.5. The Bertz CT molecular complexity index is 534. The maximum absolute atomic E-state index is 12.2. The number of carbonyl (C=O) groups excluding carboxylic acids is 1. The van der Waals surface area contributed by atoms with Crippen LogP contribution in [0.15, 0.2) is 30.3 Å². The highest BCUT2D eigenvalue weighted by Gasteiger charge is 2.29. The summed E-state index contributed by atoms with van der Waals surface area (Å²) in [7, 11) is 0. The molecule has 0 heterocycles. The molecule has 148 valence electrons. The van der Waals surface area contributed by atoms with E-state index >= 15 is 0 Å². The maximum Gasteiger partial charge on any atom is 0.407 e. The van der Waals surface area contributed by atoms with Gasteiger partial charge in [-0.25, -0.2) is 4.79 Å². The Kier molecular flexibility index (Phi) is 8.61. The Labute approximate surface area is 159 Å². The first-order valence-corrected chi connectivity index (χ1v) is 9.71. The molecule has 0 saturated carbocycles. The lowest BCUT2D eigenvalue weighted by molar-refractivity contribution is -0.0180. The molecule has 0 fully saturated rings. The van der Waals surface area contributed by atoms with Crippen LogP contribution >= 0.6 is 0 Å². The van der Waals surface area contributed by atoms with Gasteiger partial charge in [0.15, 0.2) is 0 Å². The first-order chi connectivity index (χ1) is 12.0. The molecule has 0 unspecified atom stereocenters. The molecule has 1 aromatic carbocycles. The molecule has 3 atom stereocenters. The zero-order chi connectivity index (χ0) is 19.9. The molecule has 0 aliphatic heterocycles. The van der Waals surface area contributed by atoms with E-state index in [1.165, 1.54) is 5.56 Å². The van der Waals surface area contributed by atoms with E-state index in [1.807, 2.05) is 39.0 Å². The number of benzene rings is 1. The highest BCUT2D eigenvalue weighted by molar-refractivity contribution is 5.68. The van der Waals surface area contributed by atoms with E-state index in [0.717, 1.165) is 0 Å². The van der Waals surface area contributed by atoms with Crippen LogP contribution in [0.2, 0.25) is 0 Å². The van der Waals surface area contributed by atoms with Crippen molar-refractivity contribution in [2.24, 2.45) is 11.8 Å². The molecule has 1 rings (SSSR count). The quantitative estimate of drug-likeness (QED) is 0.674. The van der Waals surface area contributed by atoms with Crippen LogP contribution in [-0.4, -0.2) is 28.9 Å². The molecule has 0 aliphatic carbocycles. The van der Waals surface area contributed by atoms with E-state index in [0.29, 0.717) is 24.7 Å². The number of nitrogens with one attached hydrogen (secondary N) is 1. The van der Waals surface area contributed by atoms with Crippen LogP contribution in [0.1, 0.15) is 72.8 Å². The minimum atomic E-state index is -0.698. The minimum absolute atomic E-state index is 0.218. The third-order valence-corrected chi connectivity index (χ3v) is 4.40. The first-order valence-electron chi connectivity index (χ1n) is 9.71. The average molecular weight is 364 g/mol. The fourth-order valence-corrected chi connectivity index (χ4v) is 3.13. The predicted octanol–water partition coefficient (Wildman–Crippen LogP) is 5.12. The smallest absolute Gasteiger partial charge is 0.407 e. The summed E-state index contributed by atoms with van der Waals surface area (Å²) in [5.41, 5.74) is 0.846. The number of hydrogen-bond donors (Lipinski definition) is 2. The van der Waals surface area contributed by atoms with Crippen LogP contribution in [-0.2, 0) is 4.74 Å². The summed E-state index contributed by atoms with van der Waals surface area (Å²) >= 11 is 0. The van der Waals surface area contributed by atoms with Crippen molar-refractivity contribution in [3.63, 3.8) is 0 Å². The molecule has 4 nitrogen and oxygen atoms in total. The van der Waals surface area contributed by atoms with E-state index in [9.17, 15) is 9.90 Å². The lowest BCUT2D eigenvalue weighted by Crippen LogP contribution is -2.44. The summed E-state index contributed by atoms with van der Waals surface area (Å²) in [5.74, 6) is 0.927. The lowest BCUT2D eigenvalue weighted by atomic mass is 9.82. The molecule has 0 aromatic heterocycles. The van der Waals surface area contributed by atoms with Crippen molar-refractivity contribution in [2.45, 2.75) is 85.0 Å². The summed E-state index contributed by atoms with van der Waals surface area (Å²) in [6.07, 6.45) is -0.471. The van der Waals surface area contributed by atoms with Crippen LogP contribution in [0.25, 0.3) is 0 Å². The number of alkyl carbamates (subject to hydrolysis) is 1. The summed E-state index contributed by atoms with van der Waals surface area (Å²) in [6, 6.07) is 10.2. The minimum Gasteiger partial charge on any atom is -0.443 e. The van der Waals surface area contributed by atoms with Gasteiger partial charge in [-0.05, 0) is 56.9 Å². The number of hydrogen-bond acceptors (Lipinski definition) is 3. The SMILES string of the molecule is CC(C)C[C@H](OC(=O)NC(C)(C)C)[C@@H](O)C[C@H](c1ccccc1)C(C)C. The normalized spacial score (nSPS) is 15.6. The van der Waals surface area contributed by atoms with Gasteiger partial charge in [-0.3, -0.25) is 0 Å². The highest BCUT2D eigenvalue weighted by atomic mass is 16.6. The van der Waals surface area contributed by atoms with Crippen molar-refractivity contribution >= 4 is 6.09 Å². The number of ether oxygens (including phenoxy) is 1. The van der Waals surface area contributed by atoms with Gasteiger partial charge in [0.1, 0.15) is 6.10 Å². The van der Waals surface area contributed by atoms with Crippen LogP contribution in [0.3, 0.4) is 0 Å². The van der Waals surface area contributed by atoms with Crippen molar-refractivity contribution in [2.75, 3.05) is 0 Å². The number of amides is 1. The Hall–Kier alpha value is -1.55. The van der Waals surface area contributed by atoms with E-state index < -0.39 is 18.3 Å². The second-order valence-corrected chi connectivity index (χ2v) is 9.01. The second-order valence-electron chi connectivity index (χ2n) is 9.01. The number of rotatable bonds is 8. The molecular weight excluding hydrogens is 326 g/mol. The van der Waals surface area contributed by atoms with Gasteiger partial charge < -0.3 is 15.2 Å². The van der Waals surface area contributed by atoms with Crippen molar-refractivity contribution in [3.05, 3.63) is 35.9 Å². The average Bonchev–Trinajstić information content (AvgIpc) is 2.50. The van der Waals surface area contributed by atoms with Crippen LogP contribution < -0.4 is 5.32 Å². The van der Waals surface area contributed by atoms with E-state index in [4.69, 9.17) is 4.74 Å². The Morgan fingerprint density at radius 2 is 1.65 bits per heavy atom. The molecule has 26 heavy (non-hydrogen) atoms. The molecular formula is C22H37NO3. The zero-order valence-electron chi connectivity index (χ0n) is 17.5. The van der Waals surface area contributed by atoms with E-state index in [-0.39, 0.29) is 11.5 Å². The Balaban J connectivity index is 2.86. The molecule has 0 radical (unpaired) electrons. The van der Waals surface area contributed by atoms with Gasteiger partial charge in [-0.15, -0.1) is 0 Å². The number of carbonyl (C=O) groups is 1. The molecule has 0 aliphatic rings. The third-order valence-electron chi connectivity index (χ3n) is 4.40. The summed E-state index contributed by atoms with van der Waals surface area (Å²) in [5, 5.41) is 13.7.